The van der Waals surface area contributed by atoms with Crippen LogP contribution in [0.4, 0.5) is 17.8 Å². The van der Waals surface area contributed by atoms with Gasteiger partial charge in [-0.2, -0.15) is 15.0 Å². The van der Waals surface area contributed by atoms with Gasteiger partial charge in [-0.25, -0.2) is 0 Å². The summed E-state index contributed by atoms with van der Waals surface area (Å²) in [5.41, 5.74) is 1.52. The maximum absolute atomic E-state index is 4.84. The van der Waals surface area contributed by atoms with E-state index >= 15 is 0 Å². The van der Waals surface area contributed by atoms with Gasteiger partial charge < -0.3 is 16.0 Å². The van der Waals surface area contributed by atoms with Crippen LogP contribution in [0.2, 0.25) is 0 Å². The van der Waals surface area contributed by atoms with Gasteiger partial charge in [0, 0.05) is 52.9 Å². The SMILES string of the molecule is CN1C(C)(C)CC(CCCCNc2nc(NCCCCC3CC(C)(C)N(C)C(C)(C)C3)nc(NCCCCC3CC(C)(C)N(C)C(C)(C)C3)n2)CC1(C)C. The van der Waals surface area contributed by atoms with E-state index in [0.717, 1.165) is 56.7 Å². The topological polar surface area (TPSA) is 84.5 Å². The third kappa shape index (κ3) is 12.1. The first kappa shape index (κ1) is 45.0. The van der Waals surface area contributed by atoms with Crippen molar-refractivity contribution in [3.05, 3.63) is 0 Å². The normalized spacial score (nSPS) is 24.7. The second kappa shape index (κ2) is 17.8. The summed E-state index contributed by atoms with van der Waals surface area (Å²) >= 11 is 0. The van der Waals surface area contributed by atoms with Crippen molar-refractivity contribution in [3.8, 4) is 0 Å². The Morgan fingerprint density at radius 3 is 0.796 bits per heavy atom. The summed E-state index contributed by atoms with van der Waals surface area (Å²) in [5.74, 6) is 4.40. The quantitative estimate of drug-likeness (QED) is 0.127. The predicted molar refractivity (Wildman–Crippen MR) is 233 cm³/mol. The number of piperidine rings is 3. The fourth-order valence-corrected chi connectivity index (χ4v) is 11.2. The Kier molecular flexibility index (Phi) is 14.9. The molecule has 1 aromatic heterocycles. The van der Waals surface area contributed by atoms with Gasteiger partial charge >= 0.3 is 0 Å². The lowest BCUT2D eigenvalue weighted by Gasteiger charge is -2.54. The third-order valence-electron chi connectivity index (χ3n) is 14.8. The minimum atomic E-state index is 0.254. The van der Waals surface area contributed by atoms with Crippen molar-refractivity contribution in [3.63, 3.8) is 0 Å². The number of rotatable bonds is 18. The van der Waals surface area contributed by atoms with Gasteiger partial charge in [0.05, 0.1) is 0 Å². The number of unbranched alkanes of at least 4 members (excludes halogenated alkanes) is 3. The third-order valence-corrected chi connectivity index (χ3v) is 14.8. The molecule has 312 valence electrons. The molecular weight excluding hydrogens is 667 g/mol. The molecule has 3 fully saturated rings. The number of aromatic nitrogens is 3. The largest absolute Gasteiger partial charge is 0.354 e. The Labute approximate surface area is 333 Å². The summed E-state index contributed by atoms with van der Waals surface area (Å²) in [6, 6.07) is 0. The fraction of sp³-hybridized carbons (Fsp3) is 0.933. The van der Waals surface area contributed by atoms with Crippen molar-refractivity contribution >= 4 is 17.8 Å². The minimum absolute atomic E-state index is 0.254. The van der Waals surface area contributed by atoms with E-state index in [1.165, 1.54) is 77.0 Å². The van der Waals surface area contributed by atoms with Crippen LogP contribution in [0.1, 0.15) is 179 Å². The predicted octanol–water partition coefficient (Wildman–Crippen LogP) is 10.3. The zero-order valence-corrected chi connectivity index (χ0v) is 38.1. The van der Waals surface area contributed by atoms with E-state index in [4.69, 9.17) is 15.0 Å². The van der Waals surface area contributed by atoms with E-state index in [0.29, 0.717) is 17.8 Å². The molecule has 3 N–H and O–H groups in total. The highest BCUT2D eigenvalue weighted by molar-refractivity contribution is 5.42. The van der Waals surface area contributed by atoms with E-state index in [2.05, 4.69) is 135 Å². The molecule has 3 aliphatic rings. The molecule has 0 bridgehead atoms. The molecule has 0 aliphatic carbocycles. The van der Waals surface area contributed by atoms with Gasteiger partial charge in [-0.15, -0.1) is 0 Å². The van der Waals surface area contributed by atoms with E-state index < -0.39 is 0 Å². The van der Waals surface area contributed by atoms with E-state index in [1.807, 2.05) is 0 Å². The number of hydrogen-bond acceptors (Lipinski definition) is 9. The van der Waals surface area contributed by atoms with Crippen LogP contribution in [-0.2, 0) is 0 Å². The number of likely N-dealkylation sites (tertiary alicyclic amines) is 3. The number of nitrogens with one attached hydrogen (secondary N) is 3. The van der Waals surface area contributed by atoms with Crippen LogP contribution in [0, 0.1) is 17.8 Å². The average molecular weight is 754 g/mol. The highest BCUT2D eigenvalue weighted by Crippen LogP contribution is 2.44. The van der Waals surface area contributed by atoms with Crippen LogP contribution in [0.15, 0.2) is 0 Å². The lowest BCUT2D eigenvalue weighted by atomic mass is 9.72. The van der Waals surface area contributed by atoms with Crippen molar-refractivity contribution < 1.29 is 0 Å². The molecule has 1 aromatic rings. The smallest absolute Gasteiger partial charge is 0.229 e. The van der Waals surface area contributed by atoms with E-state index in [9.17, 15) is 0 Å². The van der Waals surface area contributed by atoms with Crippen molar-refractivity contribution in [2.45, 2.75) is 213 Å². The van der Waals surface area contributed by atoms with Crippen LogP contribution in [-0.4, -0.2) is 104 Å². The summed E-state index contributed by atoms with van der Waals surface area (Å²) in [4.78, 5) is 22.3. The second-order valence-corrected chi connectivity index (χ2v) is 21.9. The summed E-state index contributed by atoms with van der Waals surface area (Å²) in [6.07, 6.45) is 18.6. The first-order chi connectivity index (χ1) is 24.9. The summed E-state index contributed by atoms with van der Waals surface area (Å²) in [7, 11) is 6.91. The molecule has 4 heterocycles. The highest BCUT2D eigenvalue weighted by Gasteiger charge is 2.44. The van der Waals surface area contributed by atoms with Crippen molar-refractivity contribution in [1.29, 1.82) is 0 Å². The molecule has 9 heteroatoms. The monoisotopic (exact) mass is 754 g/mol. The van der Waals surface area contributed by atoms with Crippen molar-refractivity contribution in [2.75, 3.05) is 56.7 Å². The molecule has 4 rings (SSSR count). The Morgan fingerprint density at radius 1 is 0.389 bits per heavy atom. The van der Waals surface area contributed by atoms with Gasteiger partial charge in [-0.3, -0.25) is 14.7 Å². The van der Waals surface area contributed by atoms with Gasteiger partial charge in [-0.05, 0) is 180 Å². The van der Waals surface area contributed by atoms with Gasteiger partial charge in [-0.1, -0.05) is 38.5 Å². The molecule has 3 saturated heterocycles. The molecule has 54 heavy (non-hydrogen) atoms. The lowest BCUT2D eigenvalue weighted by Crippen LogP contribution is -2.58. The van der Waals surface area contributed by atoms with Crippen LogP contribution >= 0.6 is 0 Å². The molecule has 0 amide bonds. The summed E-state index contributed by atoms with van der Waals surface area (Å²) in [5, 5.41) is 10.7. The Bertz CT molecular complexity index is 1090. The van der Waals surface area contributed by atoms with Crippen molar-refractivity contribution in [2.24, 2.45) is 17.8 Å². The number of nitrogens with zero attached hydrogens (tertiary/aromatic N) is 6. The second-order valence-electron chi connectivity index (χ2n) is 21.9. The average Bonchev–Trinajstić information content (AvgIpc) is 3.04. The molecule has 0 unspecified atom stereocenters. The number of anilines is 3. The molecule has 0 spiro atoms. The maximum atomic E-state index is 4.84. The van der Waals surface area contributed by atoms with Gasteiger partial charge in [0.2, 0.25) is 17.8 Å². The van der Waals surface area contributed by atoms with E-state index in [-0.39, 0.29) is 33.2 Å². The molecule has 0 saturated carbocycles. The van der Waals surface area contributed by atoms with E-state index in [1.54, 1.807) is 0 Å². The molecule has 3 aliphatic heterocycles. The van der Waals surface area contributed by atoms with Crippen LogP contribution < -0.4 is 16.0 Å². The fourth-order valence-electron chi connectivity index (χ4n) is 11.2. The first-order valence-electron chi connectivity index (χ1n) is 22.1. The van der Waals surface area contributed by atoms with Crippen LogP contribution in [0.5, 0.6) is 0 Å². The summed E-state index contributed by atoms with van der Waals surface area (Å²) in [6.45, 7) is 31.6. The zero-order valence-electron chi connectivity index (χ0n) is 38.1. The van der Waals surface area contributed by atoms with Crippen LogP contribution in [0.3, 0.4) is 0 Å². The minimum Gasteiger partial charge on any atom is -0.354 e. The van der Waals surface area contributed by atoms with Gasteiger partial charge in [0.25, 0.3) is 0 Å². The van der Waals surface area contributed by atoms with Gasteiger partial charge in [0.1, 0.15) is 0 Å². The molecule has 0 radical (unpaired) electrons. The zero-order chi connectivity index (χ0) is 40.2. The van der Waals surface area contributed by atoms with Gasteiger partial charge in [0.15, 0.2) is 0 Å². The molecule has 0 aromatic carbocycles. The Balaban J connectivity index is 1.27. The lowest BCUT2D eigenvalue weighted by molar-refractivity contribution is -0.0323. The van der Waals surface area contributed by atoms with Crippen molar-refractivity contribution in [1.82, 2.24) is 29.7 Å². The number of hydrogen-bond donors (Lipinski definition) is 3. The molecular formula is C45H87N9. The highest BCUT2D eigenvalue weighted by atomic mass is 15.3. The first-order valence-corrected chi connectivity index (χ1v) is 22.1. The standard InChI is InChI=1S/C45H87N9/c1-40(2)28-34(29-41(3,4)52(40)13)22-16-19-25-46-37-49-38(47-26-20-17-23-35-30-42(5,6)53(14)43(7,8)31-35)51-39(50-37)48-27-21-18-24-36-32-44(9,10)54(15)45(11,12)33-36/h34-36H,16-33H2,1-15H3,(H3,46,47,48,49,50,51). The summed E-state index contributed by atoms with van der Waals surface area (Å²) < 4.78 is 0. The Morgan fingerprint density at radius 2 is 0.593 bits per heavy atom. The molecule has 0 atom stereocenters. The Hall–Kier alpha value is -1.71. The molecule has 9 nitrogen and oxygen atoms in total. The maximum Gasteiger partial charge on any atom is 0.229 e. The van der Waals surface area contributed by atoms with Crippen LogP contribution in [0.25, 0.3) is 0 Å².